The summed E-state index contributed by atoms with van der Waals surface area (Å²) in [5.74, 6) is 0.139. The monoisotopic (exact) mass is 533 g/mol. The molecular formula is C27H25ClNNaO7. The summed E-state index contributed by atoms with van der Waals surface area (Å²) in [5, 5.41) is 15.2. The van der Waals surface area contributed by atoms with Gasteiger partial charge in [-0.25, -0.2) is 0 Å². The van der Waals surface area contributed by atoms with Crippen molar-refractivity contribution in [1.82, 2.24) is 5.32 Å². The molecule has 3 aromatic rings. The van der Waals surface area contributed by atoms with Gasteiger partial charge in [-0.15, -0.1) is 0 Å². The Kier molecular flexibility index (Phi) is 9.73. The number of hydrogen-bond acceptors (Lipinski definition) is 7. The van der Waals surface area contributed by atoms with E-state index in [1.807, 2.05) is 12.1 Å². The average molecular weight is 534 g/mol. The molecule has 0 radical (unpaired) electrons. The summed E-state index contributed by atoms with van der Waals surface area (Å²) < 4.78 is 22.1. The van der Waals surface area contributed by atoms with Gasteiger partial charge in [0.2, 0.25) is 0 Å². The zero-order valence-corrected chi connectivity index (χ0v) is 23.6. The first-order valence-corrected chi connectivity index (χ1v) is 11.7. The summed E-state index contributed by atoms with van der Waals surface area (Å²) in [6.45, 7) is 0.512. The van der Waals surface area contributed by atoms with Crippen LogP contribution in [0.5, 0.6) is 23.0 Å². The van der Waals surface area contributed by atoms with E-state index in [0.29, 0.717) is 41.3 Å². The third-order valence-corrected chi connectivity index (χ3v) is 6.25. The van der Waals surface area contributed by atoms with Crippen molar-refractivity contribution in [2.75, 3.05) is 27.4 Å². The van der Waals surface area contributed by atoms with Crippen LogP contribution in [0.4, 0.5) is 0 Å². The largest absolute Gasteiger partial charge is 1.00 e. The number of carbonyl (C=O) groups excluding carboxylic acids is 2. The van der Waals surface area contributed by atoms with E-state index in [2.05, 4.69) is 5.32 Å². The number of carboxylic acid groups (broad SMARTS) is 1. The zero-order valence-electron chi connectivity index (χ0n) is 20.8. The van der Waals surface area contributed by atoms with E-state index >= 15 is 0 Å². The first kappa shape index (κ1) is 28.7. The minimum absolute atomic E-state index is 0. The van der Waals surface area contributed by atoms with Crippen LogP contribution in [0.25, 0.3) is 0 Å². The van der Waals surface area contributed by atoms with Gasteiger partial charge < -0.3 is 34.2 Å². The topological polar surface area (TPSA) is 106 Å². The van der Waals surface area contributed by atoms with Crippen molar-refractivity contribution in [2.24, 2.45) is 0 Å². The molecule has 3 aromatic carbocycles. The van der Waals surface area contributed by atoms with E-state index in [0.717, 1.165) is 5.56 Å². The van der Waals surface area contributed by atoms with Gasteiger partial charge in [0.25, 0.3) is 5.91 Å². The average Bonchev–Trinajstić information content (AvgIpc) is 2.89. The van der Waals surface area contributed by atoms with Crippen LogP contribution in [0.3, 0.4) is 0 Å². The number of halogens is 1. The van der Waals surface area contributed by atoms with Crippen molar-refractivity contribution < 1.29 is 63.2 Å². The van der Waals surface area contributed by atoms with Crippen molar-refractivity contribution in [1.29, 1.82) is 0 Å². The molecule has 37 heavy (non-hydrogen) atoms. The second kappa shape index (κ2) is 12.6. The molecule has 0 aliphatic carbocycles. The predicted molar refractivity (Wildman–Crippen MR) is 131 cm³/mol. The number of para-hydroxylation sites is 1. The first-order valence-electron chi connectivity index (χ1n) is 11.3. The molecule has 0 spiro atoms. The van der Waals surface area contributed by atoms with Gasteiger partial charge in [0.05, 0.1) is 31.8 Å². The quantitative estimate of drug-likeness (QED) is 0.390. The second-order valence-corrected chi connectivity index (χ2v) is 8.59. The number of nitrogens with one attached hydrogen (secondary N) is 1. The summed E-state index contributed by atoms with van der Waals surface area (Å²) >= 11 is 6.41. The van der Waals surface area contributed by atoms with Gasteiger partial charge in [-0.3, -0.25) is 4.79 Å². The van der Waals surface area contributed by atoms with Crippen molar-refractivity contribution >= 4 is 23.5 Å². The minimum atomic E-state index is -1.76. The van der Waals surface area contributed by atoms with Crippen LogP contribution in [0, 0.1) is 0 Å². The number of methoxy groups -OCH3 is 2. The van der Waals surface area contributed by atoms with Crippen LogP contribution < -0.4 is 58.9 Å². The van der Waals surface area contributed by atoms with E-state index in [1.165, 1.54) is 18.2 Å². The fourth-order valence-corrected chi connectivity index (χ4v) is 4.29. The molecule has 1 aliphatic heterocycles. The summed E-state index contributed by atoms with van der Waals surface area (Å²) in [7, 11) is 3.15. The number of benzene rings is 3. The smallest absolute Gasteiger partial charge is 0.545 e. The summed E-state index contributed by atoms with van der Waals surface area (Å²) in [6.07, 6.45) is 0.601. The maximum Gasteiger partial charge on any atom is 1.00 e. The molecule has 0 aromatic heterocycles. The molecule has 1 atom stereocenters. The molecule has 0 fully saturated rings. The van der Waals surface area contributed by atoms with Crippen LogP contribution in [0.2, 0.25) is 5.02 Å². The Hall–Kier alpha value is -2.91. The van der Waals surface area contributed by atoms with Gasteiger partial charge in [-0.1, -0.05) is 29.8 Å². The first-order chi connectivity index (χ1) is 17.4. The Labute approximate surface area is 242 Å². The van der Waals surface area contributed by atoms with Crippen LogP contribution in [0.15, 0.2) is 60.7 Å². The molecule has 1 aliphatic rings. The van der Waals surface area contributed by atoms with E-state index in [1.54, 1.807) is 44.6 Å². The maximum absolute atomic E-state index is 12.7. The number of hydrogen-bond donors (Lipinski definition) is 1. The van der Waals surface area contributed by atoms with E-state index in [-0.39, 0.29) is 59.3 Å². The van der Waals surface area contributed by atoms with Crippen LogP contribution >= 0.6 is 11.6 Å². The van der Waals surface area contributed by atoms with E-state index in [4.69, 9.17) is 30.5 Å². The van der Waals surface area contributed by atoms with Gasteiger partial charge in [-0.05, 0) is 48.4 Å². The second-order valence-electron chi connectivity index (χ2n) is 8.18. The molecular weight excluding hydrogens is 509 g/mol. The van der Waals surface area contributed by atoms with Crippen molar-refractivity contribution in [3.8, 4) is 23.0 Å². The molecule has 0 saturated carbocycles. The SMILES string of the molecule is COc1cc(CCNC(=O)c2ccc(OC3(C(=O)[O-])CCOc4ccccc43)c(Cl)c2)cc(OC)c1.[Na+]. The molecule has 1 unspecified atom stereocenters. The Morgan fingerprint density at radius 2 is 1.76 bits per heavy atom. The molecule has 1 N–H and O–H groups in total. The molecule has 10 heteroatoms. The standard InChI is InChI=1S/C27H26ClNO7.Na/c1-33-19-13-17(14-20(16-19)34-2)9-11-29-25(30)18-7-8-24(22(28)15-18)36-27(26(31)32)10-12-35-23-6-4-3-5-21(23)27;/h3-8,13-16H,9-12H2,1-2H3,(H,29,30)(H,31,32);/q;+1/p-1. The number of carbonyl (C=O) groups is 2. The summed E-state index contributed by atoms with van der Waals surface area (Å²) in [5.41, 5.74) is -0.161. The minimum Gasteiger partial charge on any atom is -0.545 e. The zero-order chi connectivity index (χ0) is 25.7. The molecule has 8 nitrogen and oxygen atoms in total. The number of carboxylic acids is 1. The van der Waals surface area contributed by atoms with Gasteiger partial charge in [0.15, 0.2) is 5.60 Å². The number of aliphatic carboxylic acids is 1. The molecule has 188 valence electrons. The summed E-state index contributed by atoms with van der Waals surface area (Å²) in [6, 6.07) is 16.7. The fraction of sp³-hybridized carbons (Fsp3) is 0.259. The Bertz CT molecular complexity index is 1260. The van der Waals surface area contributed by atoms with E-state index in [9.17, 15) is 14.7 Å². The number of fused-ring (bicyclic) bond motifs is 1. The Morgan fingerprint density at radius 1 is 1.05 bits per heavy atom. The number of ether oxygens (including phenoxy) is 4. The predicted octanol–water partition coefficient (Wildman–Crippen LogP) is 0.140. The number of amides is 1. The van der Waals surface area contributed by atoms with Gasteiger partial charge in [0.1, 0.15) is 23.0 Å². The third kappa shape index (κ3) is 6.33. The van der Waals surface area contributed by atoms with Crippen molar-refractivity contribution in [3.63, 3.8) is 0 Å². The molecule has 0 bridgehead atoms. The van der Waals surface area contributed by atoms with E-state index < -0.39 is 11.6 Å². The Balaban J connectivity index is 0.00000380. The normalized spacial score (nSPS) is 15.9. The van der Waals surface area contributed by atoms with Crippen molar-refractivity contribution in [2.45, 2.75) is 18.4 Å². The summed E-state index contributed by atoms with van der Waals surface area (Å²) in [4.78, 5) is 24.9. The van der Waals surface area contributed by atoms with Gasteiger partial charge >= 0.3 is 29.6 Å². The number of rotatable bonds is 9. The van der Waals surface area contributed by atoms with Crippen LogP contribution in [-0.4, -0.2) is 39.2 Å². The molecule has 0 saturated heterocycles. The van der Waals surface area contributed by atoms with Crippen molar-refractivity contribution in [3.05, 3.63) is 82.4 Å². The molecule has 1 amide bonds. The van der Waals surface area contributed by atoms with Gasteiger partial charge in [-0.2, -0.15) is 0 Å². The third-order valence-electron chi connectivity index (χ3n) is 5.95. The maximum atomic E-state index is 12.7. The van der Waals surface area contributed by atoms with Crippen LogP contribution in [-0.2, 0) is 16.8 Å². The fourth-order valence-electron chi connectivity index (χ4n) is 4.07. The molecule has 4 rings (SSSR count). The van der Waals surface area contributed by atoms with Gasteiger partial charge in [0, 0.05) is 30.2 Å². The Morgan fingerprint density at radius 3 is 2.41 bits per heavy atom. The van der Waals surface area contributed by atoms with Crippen LogP contribution in [0.1, 0.15) is 27.9 Å². The molecule has 1 heterocycles.